The van der Waals surface area contributed by atoms with Gasteiger partial charge < -0.3 is 4.43 Å². The number of rotatable bonds is 3. The molecule has 1 fully saturated rings. The van der Waals surface area contributed by atoms with Gasteiger partial charge in [-0.3, -0.25) is 0 Å². The van der Waals surface area contributed by atoms with Crippen LogP contribution >= 0.6 is 0 Å². The lowest BCUT2D eigenvalue weighted by molar-refractivity contribution is 0.207. The maximum absolute atomic E-state index is 13.1. The normalized spacial score (nSPS) is 33.6. The van der Waals surface area contributed by atoms with Crippen molar-refractivity contribution in [3.05, 3.63) is 11.9 Å². The van der Waals surface area contributed by atoms with E-state index >= 15 is 0 Å². The molecule has 3 heteroatoms. The SMILES string of the molecule is CC(C)(C)[Si](C)(C)OC[C@]12CC(F)=C[C@H]1C2. The zero-order valence-electron chi connectivity index (χ0n) is 11.1. The van der Waals surface area contributed by atoms with Gasteiger partial charge in [0.25, 0.3) is 0 Å². The van der Waals surface area contributed by atoms with E-state index < -0.39 is 8.32 Å². The highest BCUT2D eigenvalue weighted by Crippen LogP contribution is 2.63. The molecular weight excluding hydrogens is 219 g/mol. The topological polar surface area (TPSA) is 9.23 Å². The first-order valence-corrected chi connectivity index (χ1v) is 9.07. The first-order valence-electron chi connectivity index (χ1n) is 6.16. The molecule has 2 aliphatic carbocycles. The predicted octanol–water partition coefficient (Wildman–Crippen LogP) is 4.27. The fraction of sp³-hybridized carbons (Fsp3) is 0.846. The van der Waals surface area contributed by atoms with Crippen molar-refractivity contribution in [2.24, 2.45) is 11.3 Å². The third-order valence-electron chi connectivity index (χ3n) is 4.68. The minimum Gasteiger partial charge on any atom is -0.416 e. The lowest BCUT2D eigenvalue weighted by Crippen LogP contribution is -2.42. The standard InChI is InChI=1S/C13H23FOSi/c1-12(2,3)16(4,5)15-9-13-7-10(13)6-11(14)8-13/h6,10H,7-9H2,1-5H3/t10-,13-/m0/s1. The van der Waals surface area contributed by atoms with Crippen LogP contribution in [-0.2, 0) is 4.43 Å². The Bertz CT molecular complexity index is 329. The smallest absolute Gasteiger partial charge is 0.192 e. The highest BCUT2D eigenvalue weighted by Gasteiger charge is 2.58. The quantitative estimate of drug-likeness (QED) is 0.671. The first-order chi connectivity index (χ1) is 7.16. The summed E-state index contributed by atoms with van der Waals surface area (Å²) in [5.41, 5.74) is 0.152. The van der Waals surface area contributed by atoms with Crippen LogP contribution in [0.15, 0.2) is 11.9 Å². The van der Waals surface area contributed by atoms with E-state index in [1.54, 1.807) is 6.08 Å². The van der Waals surface area contributed by atoms with Crippen LogP contribution in [0.1, 0.15) is 33.6 Å². The Labute approximate surface area is 99.2 Å². The Hall–Kier alpha value is -0.153. The molecule has 0 aliphatic heterocycles. The highest BCUT2D eigenvalue weighted by atomic mass is 28.4. The molecule has 0 bridgehead atoms. The van der Waals surface area contributed by atoms with Crippen LogP contribution < -0.4 is 0 Å². The Morgan fingerprint density at radius 3 is 2.56 bits per heavy atom. The van der Waals surface area contributed by atoms with Crippen LogP contribution in [-0.4, -0.2) is 14.9 Å². The lowest BCUT2D eigenvalue weighted by Gasteiger charge is -2.37. The molecule has 0 aromatic heterocycles. The highest BCUT2D eigenvalue weighted by molar-refractivity contribution is 6.74. The Morgan fingerprint density at radius 2 is 2.12 bits per heavy atom. The molecule has 16 heavy (non-hydrogen) atoms. The second-order valence-electron chi connectivity index (χ2n) is 7.01. The molecule has 0 radical (unpaired) electrons. The van der Waals surface area contributed by atoms with Crippen molar-refractivity contribution in [3.63, 3.8) is 0 Å². The summed E-state index contributed by atoms with van der Waals surface area (Å²) in [4.78, 5) is 0. The number of fused-ring (bicyclic) bond motifs is 1. The Kier molecular flexibility index (Phi) is 2.63. The largest absolute Gasteiger partial charge is 0.416 e. The third kappa shape index (κ3) is 1.99. The van der Waals surface area contributed by atoms with Crippen LogP contribution in [0.2, 0.25) is 18.1 Å². The number of allylic oxidation sites excluding steroid dienone is 2. The van der Waals surface area contributed by atoms with Gasteiger partial charge in [-0.25, -0.2) is 4.39 Å². The van der Waals surface area contributed by atoms with Gasteiger partial charge in [0, 0.05) is 18.4 Å². The van der Waals surface area contributed by atoms with E-state index in [2.05, 4.69) is 33.9 Å². The molecule has 0 aromatic carbocycles. The molecule has 0 spiro atoms. The van der Waals surface area contributed by atoms with E-state index in [0.717, 1.165) is 13.0 Å². The lowest BCUT2D eigenvalue weighted by atomic mass is 10.1. The van der Waals surface area contributed by atoms with E-state index in [1.165, 1.54) is 0 Å². The van der Waals surface area contributed by atoms with Crippen LogP contribution in [0.4, 0.5) is 4.39 Å². The summed E-state index contributed by atoms with van der Waals surface area (Å²) in [5.74, 6) is 0.548. The summed E-state index contributed by atoms with van der Waals surface area (Å²) in [6.07, 6.45) is 3.55. The number of hydrogen-bond donors (Lipinski definition) is 0. The van der Waals surface area contributed by atoms with Crippen molar-refractivity contribution in [1.82, 2.24) is 0 Å². The average molecular weight is 242 g/mol. The van der Waals surface area contributed by atoms with Gasteiger partial charge in [-0.1, -0.05) is 20.8 Å². The molecule has 1 saturated carbocycles. The predicted molar refractivity (Wildman–Crippen MR) is 67.5 cm³/mol. The van der Waals surface area contributed by atoms with Gasteiger partial charge in [0.05, 0.1) is 5.83 Å². The molecule has 1 nitrogen and oxygen atoms in total. The van der Waals surface area contributed by atoms with E-state index in [-0.39, 0.29) is 16.3 Å². The molecule has 0 saturated heterocycles. The van der Waals surface area contributed by atoms with E-state index in [0.29, 0.717) is 12.3 Å². The second kappa shape index (κ2) is 3.42. The fourth-order valence-corrected chi connectivity index (χ4v) is 3.27. The van der Waals surface area contributed by atoms with E-state index in [4.69, 9.17) is 4.43 Å². The van der Waals surface area contributed by atoms with Crippen molar-refractivity contribution in [1.29, 1.82) is 0 Å². The summed E-state index contributed by atoms with van der Waals surface area (Å²) in [6, 6.07) is 0. The van der Waals surface area contributed by atoms with Crippen molar-refractivity contribution in [2.45, 2.75) is 51.7 Å². The molecular formula is C13H23FOSi. The fourth-order valence-electron chi connectivity index (χ4n) is 2.19. The molecule has 2 atom stereocenters. The number of halogens is 1. The molecule has 0 heterocycles. The van der Waals surface area contributed by atoms with Crippen LogP contribution in [0, 0.1) is 11.3 Å². The summed E-state index contributed by atoms with van der Waals surface area (Å²) in [5, 5.41) is 0.249. The van der Waals surface area contributed by atoms with Crippen molar-refractivity contribution in [2.75, 3.05) is 6.61 Å². The Balaban J connectivity index is 1.91. The van der Waals surface area contributed by atoms with Gasteiger partial charge in [-0.2, -0.15) is 0 Å². The Morgan fingerprint density at radius 1 is 1.50 bits per heavy atom. The van der Waals surface area contributed by atoms with Gasteiger partial charge in [0.15, 0.2) is 8.32 Å². The third-order valence-corrected chi connectivity index (χ3v) is 9.16. The summed E-state index contributed by atoms with van der Waals surface area (Å²) in [7, 11) is -1.66. The minimum atomic E-state index is -1.66. The molecule has 2 rings (SSSR count). The second-order valence-corrected chi connectivity index (χ2v) is 11.8. The van der Waals surface area contributed by atoms with Gasteiger partial charge in [0.2, 0.25) is 0 Å². The van der Waals surface area contributed by atoms with E-state index in [9.17, 15) is 4.39 Å². The van der Waals surface area contributed by atoms with Crippen LogP contribution in [0.3, 0.4) is 0 Å². The minimum absolute atomic E-state index is 0.0788. The summed E-state index contributed by atoms with van der Waals surface area (Å²) in [6.45, 7) is 12.0. The monoisotopic (exact) mass is 242 g/mol. The van der Waals surface area contributed by atoms with Gasteiger partial charge in [-0.05, 0) is 36.5 Å². The molecule has 0 N–H and O–H groups in total. The zero-order valence-corrected chi connectivity index (χ0v) is 12.1. The first kappa shape index (κ1) is 12.3. The van der Waals surface area contributed by atoms with Crippen LogP contribution in [0.5, 0.6) is 0 Å². The van der Waals surface area contributed by atoms with Crippen molar-refractivity contribution in [3.8, 4) is 0 Å². The molecule has 0 unspecified atom stereocenters. The average Bonchev–Trinajstić information content (AvgIpc) is 2.65. The molecule has 92 valence electrons. The van der Waals surface area contributed by atoms with Crippen molar-refractivity contribution >= 4 is 8.32 Å². The maximum atomic E-state index is 13.1. The maximum Gasteiger partial charge on any atom is 0.192 e. The molecule has 0 aromatic rings. The van der Waals surface area contributed by atoms with Gasteiger partial charge in [0.1, 0.15) is 0 Å². The van der Waals surface area contributed by atoms with E-state index in [1.807, 2.05) is 0 Å². The van der Waals surface area contributed by atoms with Crippen molar-refractivity contribution < 1.29 is 8.82 Å². The molecule has 0 amide bonds. The molecule has 2 aliphatic rings. The summed E-state index contributed by atoms with van der Waals surface area (Å²) < 4.78 is 19.3. The van der Waals surface area contributed by atoms with Gasteiger partial charge >= 0.3 is 0 Å². The zero-order chi connectivity index (χ0) is 12.2. The number of hydrogen-bond acceptors (Lipinski definition) is 1. The van der Waals surface area contributed by atoms with Crippen LogP contribution in [0.25, 0.3) is 0 Å². The van der Waals surface area contributed by atoms with Gasteiger partial charge in [-0.15, -0.1) is 0 Å². The summed E-state index contributed by atoms with van der Waals surface area (Å²) >= 11 is 0.